The molecule has 1 aromatic carbocycles. The van der Waals surface area contributed by atoms with Gasteiger partial charge in [-0.1, -0.05) is 11.6 Å². The molecule has 1 unspecified atom stereocenters. The number of allylic oxidation sites excluding steroid dienone is 2. The third-order valence-corrected chi connectivity index (χ3v) is 5.53. The Balaban J connectivity index is 1.99. The van der Waals surface area contributed by atoms with Gasteiger partial charge in [-0.15, -0.1) is 0 Å². The van der Waals surface area contributed by atoms with E-state index < -0.39 is 0 Å². The normalized spacial score (nSPS) is 20.5. The lowest BCUT2D eigenvalue weighted by molar-refractivity contribution is 0.0535. The van der Waals surface area contributed by atoms with Crippen LogP contribution in [0.5, 0.6) is 5.75 Å². The first-order valence-corrected chi connectivity index (χ1v) is 8.86. The summed E-state index contributed by atoms with van der Waals surface area (Å²) in [6, 6.07) is 0. The first kappa shape index (κ1) is 17.7. The molecule has 1 fully saturated rings. The molecule has 0 bridgehead atoms. The van der Waals surface area contributed by atoms with Crippen LogP contribution < -0.4 is 10.1 Å². The Bertz CT molecular complexity index is 769. The van der Waals surface area contributed by atoms with Crippen molar-refractivity contribution in [2.24, 2.45) is 5.92 Å². The van der Waals surface area contributed by atoms with E-state index in [4.69, 9.17) is 21.7 Å². The number of fused-ring (bicyclic) bond motifs is 1. The highest BCUT2D eigenvalue weighted by molar-refractivity contribution is 7.80. The number of nitrogens with one attached hydrogen (secondary N) is 1. The van der Waals surface area contributed by atoms with Crippen molar-refractivity contribution in [1.82, 2.24) is 0 Å². The highest BCUT2D eigenvalue weighted by Gasteiger charge is 2.31. The molecule has 5 nitrogen and oxygen atoms in total. The molecular formula is C19H23NO4S. The highest BCUT2D eigenvalue weighted by Crippen LogP contribution is 2.41. The largest absolute Gasteiger partial charge is 0.502 e. The van der Waals surface area contributed by atoms with Gasteiger partial charge in [-0.05, 0) is 50.4 Å². The zero-order chi connectivity index (χ0) is 18.1. The van der Waals surface area contributed by atoms with Crippen LogP contribution in [0.4, 0.5) is 5.69 Å². The van der Waals surface area contributed by atoms with E-state index in [1.165, 1.54) is 5.57 Å². The summed E-state index contributed by atoms with van der Waals surface area (Å²) < 4.78 is 10.9. The van der Waals surface area contributed by atoms with Gasteiger partial charge in [0, 0.05) is 24.1 Å². The van der Waals surface area contributed by atoms with Crippen molar-refractivity contribution in [2.45, 2.75) is 39.2 Å². The zero-order valence-electron chi connectivity index (χ0n) is 14.8. The molecule has 0 amide bonds. The molecule has 1 aliphatic heterocycles. The summed E-state index contributed by atoms with van der Waals surface area (Å²) >= 11 is 4.90. The van der Waals surface area contributed by atoms with Gasteiger partial charge < -0.3 is 19.9 Å². The molecule has 0 spiro atoms. The first-order chi connectivity index (χ1) is 12.0. The minimum atomic E-state index is -0.287. The average Bonchev–Trinajstić information content (AvgIpc) is 3.21. The SMILES string of the molecule is CNc1c(C/C=C2\CCC(C(O)=S)C2)c(OC)c(C)c2c1C(=O)OC2. The summed E-state index contributed by atoms with van der Waals surface area (Å²) in [5.41, 5.74) is 5.50. The lowest BCUT2D eigenvalue weighted by Gasteiger charge is -2.18. The molecule has 2 N–H and O–H groups in total. The summed E-state index contributed by atoms with van der Waals surface area (Å²) in [6.45, 7) is 2.26. The fraction of sp³-hybridized carbons (Fsp3) is 0.474. The van der Waals surface area contributed by atoms with E-state index in [1.807, 2.05) is 14.0 Å². The summed E-state index contributed by atoms with van der Waals surface area (Å²) in [5.74, 6) is 0.597. The van der Waals surface area contributed by atoms with E-state index in [9.17, 15) is 9.90 Å². The number of cyclic esters (lactones) is 1. The van der Waals surface area contributed by atoms with Crippen LogP contribution in [0.3, 0.4) is 0 Å². The quantitative estimate of drug-likeness (QED) is 0.471. The second-order valence-corrected chi connectivity index (χ2v) is 6.95. The van der Waals surface area contributed by atoms with E-state index in [2.05, 4.69) is 11.4 Å². The third-order valence-electron chi connectivity index (χ3n) is 5.19. The number of aliphatic hydroxyl groups is 1. The molecule has 1 atom stereocenters. The van der Waals surface area contributed by atoms with Crippen LogP contribution in [0, 0.1) is 12.8 Å². The fourth-order valence-corrected chi connectivity index (χ4v) is 4.05. The van der Waals surface area contributed by atoms with Gasteiger partial charge >= 0.3 is 5.97 Å². The van der Waals surface area contributed by atoms with Crippen LogP contribution in [-0.4, -0.2) is 30.3 Å². The molecule has 6 heteroatoms. The molecule has 134 valence electrons. The van der Waals surface area contributed by atoms with Crippen molar-refractivity contribution in [3.63, 3.8) is 0 Å². The number of benzene rings is 1. The lowest BCUT2D eigenvalue weighted by atomic mass is 9.93. The molecule has 25 heavy (non-hydrogen) atoms. The van der Waals surface area contributed by atoms with Crippen LogP contribution in [0.15, 0.2) is 11.6 Å². The van der Waals surface area contributed by atoms with Gasteiger partial charge in [0.25, 0.3) is 0 Å². The van der Waals surface area contributed by atoms with Gasteiger partial charge in [0.1, 0.15) is 12.4 Å². The maximum absolute atomic E-state index is 12.2. The van der Waals surface area contributed by atoms with E-state index in [0.29, 0.717) is 18.6 Å². The predicted octanol–water partition coefficient (Wildman–Crippen LogP) is 3.87. The minimum absolute atomic E-state index is 0.0867. The van der Waals surface area contributed by atoms with E-state index in [-0.39, 0.29) is 16.9 Å². The minimum Gasteiger partial charge on any atom is -0.502 e. The number of rotatable bonds is 5. The number of anilines is 1. The second kappa shape index (κ2) is 7.04. The van der Waals surface area contributed by atoms with E-state index in [1.54, 1.807) is 7.11 Å². The van der Waals surface area contributed by atoms with Gasteiger partial charge in [-0.25, -0.2) is 4.79 Å². The summed E-state index contributed by atoms with van der Waals surface area (Å²) in [7, 11) is 3.46. The number of esters is 1. The van der Waals surface area contributed by atoms with E-state index >= 15 is 0 Å². The average molecular weight is 361 g/mol. The number of carbonyl (C=O) groups is 1. The van der Waals surface area contributed by atoms with Gasteiger partial charge in [0.2, 0.25) is 0 Å². The van der Waals surface area contributed by atoms with Crippen LogP contribution in [0.2, 0.25) is 0 Å². The summed E-state index contributed by atoms with van der Waals surface area (Å²) in [4.78, 5) is 12.2. The van der Waals surface area contributed by atoms with Gasteiger partial charge in [-0.3, -0.25) is 0 Å². The Kier molecular flexibility index (Phi) is 4.99. The predicted molar refractivity (Wildman–Crippen MR) is 101 cm³/mol. The van der Waals surface area contributed by atoms with Crippen LogP contribution in [-0.2, 0) is 17.8 Å². The zero-order valence-corrected chi connectivity index (χ0v) is 15.6. The number of ether oxygens (including phenoxy) is 2. The molecule has 0 saturated heterocycles. The Morgan fingerprint density at radius 1 is 1.52 bits per heavy atom. The maximum Gasteiger partial charge on any atom is 0.341 e. The van der Waals surface area contributed by atoms with E-state index in [0.717, 1.165) is 47.4 Å². The lowest BCUT2D eigenvalue weighted by Crippen LogP contribution is -2.08. The van der Waals surface area contributed by atoms with Crippen molar-refractivity contribution in [3.05, 3.63) is 33.9 Å². The standard InChI is InChI=1S/C19H23NO4S/c1-10-14-9-24-18(21)15(14)16(20-2)13(17(10)23-3)7-5-11-4-6-12(8-11)19(22)25/h5,12,20H,4,6-9H2,1-3H3,(H,22,25)/b11-5+. The maximum atomic E-state index is 12.2. The molecule has 1 heterocycles. The van der Waals surface area contributed by atoms with Crippen LogP contribution in [0.1, 0.15) is 46.3 Å². The Morgan fingerprint density at radius 3 is 2.88 bits per heavy atom. The monoisotopic (exact) mass is 361 g/mol. The topological polar surface area (TPSA) is 67.8 Å². The number of aliphatic hydroxyl groups excluding tert-OH is 1. The molecule has 3 rings (SSSR count). The van der Waals surface area contributed by atoms with Crippen LogP contribution >= 0.6 is 12.2 Å². The summed E-state index contributed by atoms with van der Waals surface area (Å²) in [6.07, 6.45) is 5.46. The molecule has 1 aromatic rings. The van der Waals surface area contributed by atoms with Crippen molar-refractivity contribution < 1.29 is 19.4 Å². The number of carbonyl (C=O) groups excluding carboxylic acids is 1. The van der Waals surface area contributed by atoms with Crippen LogP contribution in [0.25, 0.3) is 0 Å². The first-order valence-electron chi connectivity index (χ1n) is 8.45. The smallest absolute Gasteiger partial charge is 0.341 e. The fourth-order valence-electron chi connectivity index (χ4n) is 3.85. The van der Waals surface area contributed by atoms with Gasteiger partial charge in [0.05, 0.1) is 18.4 Å². The molecule has 0 aromatic heterocycles. The number of hydrogen-bond acceptors (Lipinski definition) is 5. The molecule has 2 aliphatic rings. The third kappa shape index (κ3) is 3.11. The van der Waals surface area contributed by atoms with Crippen molar-refractivity contribution >= 4 is 28.9 Å². The molecule has 0 radical (unpaired) electrons. The molecule has 1 aliphatic carbocycles. The number of hydrogen-bond donors (Lipinski definition) is 2. The van der Waals surface area contributed by atoms with Gasteiger partial charge in [-0.2, -0.15) is 0 Å². The highest BCUT2D eigenvalue weighted by atomic mass is 32.1. The Morgan fingerprint density at radius 2 is 2.28 bits per heavy atom. The Hall–Kier alpha value is -2.08. The van der Waals surface area contributed by atoms with Crippen molar-refractivity contribution in [2.75, 3.05) is 19.5 Å². The number of thiocarbonyl (C=S) groups is 1. The van der Waals surface area contributed by atoms with Gasteiger partial charge in [0.15, 0.2) is 5.05 Å². The number of methoxy groups -OCH3 is 1. The van der Waals surface area contributed by atoms with Crippen molar-refractivity contribution in [1.29, 1.82) is 0 Å². The molecule has 1 saturated carbocycles. The Labute approximate surface area is 153 Å². The molecular weight excluding hydrogens is 338 g/mol. The summed E-state index contributed by atoms with van der Waals surface area (Å²) in [5, 5.41) is 12.8. The van der Waals surface area contributed by atoms with Crippen molar-refractivity contribution in [3.8, 4) is 5.75 Å². The second-order valence-electron chi connectivity index (χ2n) is 6.54.